The first-order chi connectivity index (χ1) is 15.0. The fourth-order valence-corrected chi connectivity index (χ4v) is 4.63. The van der Waals surface area contributed by atoms with Gasteiger partial charge in [-0.2, -0.15) is 0 Å². The molecule has 1 aliphatic heterocycles. The van der Waals surface area contributed by atoms with Gasteiger partial charge >= 0.3 is 6.03 Å². The largest absolute Gasteiger partial charge is 0.348 e. The van der Waals surface area contributed by atoms with E-state index in [4.69, 9.17) is 0 Å². The Morgan fingerprint density at radius 2 is 1.81 bits per heavy atom. The zero-order valence-corrected chi connectivity index (χ0v) is 17.2. The van der Waals surface area contributed by atoms with Crippen molar-refractivity contribution in [2.45, 2.75) is 31.3 Å². The molecular formula is C25H23N3O3. The average Bonchev–Trinajstić information content (AvgIpc) is 3.28. The first-order valence-corrected chi connectivity index (χ1v) is 10.5. The highest BCUT2D eigenvalue weighted by atomic mass is 16.2. The SMILES string of the molecule is CC1(c2ccc3ccccc3c2)NC(=O)N(CC(=O)NC2CCc3ccccc32)C1=O. The van der Waals surface area contributed by atoms with Crippen LogP contribution in [0.1, 0.15) is 36.1 Å². The lowest BCUT2D eigenvalue weighted by Gasteiger charge is -2.23. The molecule has 0 saturated carbocycles. The van der Waals surface area contributed by atoms with Crippen LogP contribution in [0.3, 0.4) is 0 Å². The van der Waals surface area contributed by atoms with Gasteiger partial charge in [0.2, 0.25) is 5.91 Å². The third-order valence-corrected chi connectivity index (χ3v) is 6.37. The van der Waals surface area contributed by atoms with Gasteiger partial charge in [0.25, 0.3) is 5.91 Å². The number of nitrogens with one attached hydrogen (secondary N) is 2. The van der Waals surface area contributed by atoms with E-state index in [1.54, 1.807) is 6.92 Å². The molecular weight excluding hydrogens is 390 g/mol. The molecule has 0 radical (unpaired) electrons. The molecule has 6 nitrogen and oxygen atoms in total. The average molecular weight is 413 g/mol. The molecule has 1 aliphatic carbocycles. The van der Waals surface area contributed by atoms with E-state index in [9.17, 15) is 14.4 Å². The number of benzene rings is 3. The van der Waals surface area contributed by atoms with Gasteiger partial charge in [0, 0.05) is 0 Å². The number of hydrogen-bond acceptors (Lipinski definition) is 3. The lowest BCUT2D eigenvalue weighted by Crippen LogP contribution is -2.43. The van der Waals surface area contributed by atoms with Crippen molar-refractivity contribution in [1.82, 2.24) is 15.5 Å². The molecule has 1 heterocycles. The Morgan fingerprint density at radius 3 is 2.65 bits per heavy atom. The van der Waals surface area contributed by atoms with E-state index in [-0.39, 0.29) is 18.5 Å². The molecule has 3 aromatic carbocycles. The molecule has 1 saturated heterocycles. The van der Waals surface area contributed by atoms with E-state index < -0.39 is 17.5 Å². The maximum Gasteiger partial charge on any atom is 0.325 e. The van der Waals surface area contributed by atoms with Gasteiger partial charge in [0.05, 0.1) is 6.04 Å². The van der Waals surface area contributed by atoms with Crippen LogP contribution in [-0.2, 0) is 21.5 Å². The Labute approximate surface area is 180 Å². The van der Waals surface area contributed by atoms with Crippen LogP contribution in [0.25, 0.3) is 10.8 Å². The zero-order chi connectivity index (χ0) is 21.6. The Hall–Kier alpha value is -3.67. The number of imide groups is 1. The van der Waals surface area contributed by atoms with Crippen LogP contribution in [0, 0.1) is 0 Å². The highest BCUT2D eigenvalue weighted by Gasteiger charge is 2.49. The molecule has 5 rings (SSSR count). The predicted molar refractivity (Wildman–Crippen MR) is 117 cm³/mol. The fourth-order valence-electron chi connectivity index (χ4n) is 4.63. The molecule has 0 aromatic heterocycles. The molecule has 0 spiro atoms. The topological polar surface area (TPSA) is 78.5 Å². The number of nitrogens with zero attached hydrogens (tertiary/aromatic N) is 1. The lowest BCUT2D eigenvalue weighted by atomic mass is 9.90. The van der Waals surface area contributed by atoms with E-state index in [0.29, 0.717) is 5.56 Å². The minimum absolute atomic E-state index is 0.0867. The molecule has 2 aliphatic rings. The molecule has 2 N–H and O–H groups in total. The van der Waals surface area contributed by atoms with Crippen LogP contribution >= 0.6 is 0 Å². The van der Waals surface area contributed by atoms with Crippen molar-refractivity contribution >= 4 is 28.6 Å². The quantitative estimate of drug-likeness (QED) is 0.644. The van der Waals surface area contributed by atoms with E-state index in [1.807, 2.05) is 60.7 Å². The van der Waals surface area contributed by atoms with Crippen molar-refractivity contribution in [2.24, 2.45) is 0 Å². The van der Waals surface area contributed by atoms with Crippen LogP contribution in [0.2, 0.25) is 0 Å². The monoisotopic (exact) mass is 413 g/mol. The van der Waals surface area contributed by atoms with Crippen molar-refractivity contribution < 1.29 is 14.4 Å². The summed E-state index contributed by atoms with van der Waals surface area (Å²) in [5.74, 6) is -0.761. The summed E-state index contributed by atoms with van der Waals surface area (Å²) >= 11 is 0. The summed E-state index contributed by atoms with van der Waals surface area (Å²) in [6.45, 7) is 1.38. The number of aryl methyl sites for hydroxylation is 1. The number of fused-ring (bicyclic) bond motifs is 2. The second-order valence-electron chi connectivity index (χ2n) is 8.37. The standard InChI is InChI=1S/C25H23N3O3/c1-25(19-12-10-16-6-2-3-8-18(16)14-19)23(30)28(24(31)27-25)15-22(29)26-21-13-11-17-7-4-5-9-20(17)21/h2-10,12,14,21H,11,13,15H2,1H3,(H,26,29)(H,27,31). The van der Waals surface area contributed by atoms with Gasteiger partial charge in [0.15, 0.2) is 0 Å². The molecule has 6 heteroatoms. The summed E-state index contributed by atoms with van der Waals surface area (Å²) in [6.07, 6.45) is 1.73. The second-order valence-corrected chi connectivity index (χ2v) is 8.37. The van der Waals surface area contributed by atoms with Crippen LogP contribution in [0.5, 0.6) is 0 Å². The van der Waals surface area contributed by atoms with Crippen molar-refractivity contribution in [3.8, 4) is 0 Å². The van der Waals surface area contributed by atoms with Gasteiger partial charge in [-0.25, -0.2) is 4.79 Å². The van der Waals surface area contributed by atoms with Gasteiger partial charge in [-0.1, -0.05) is 60.7 Å². The van der Waals surface area contributed by atoms with Crippen LogP contribution < -0.4 is 10.6 Å². The number of hydrogen-bond donors (Lipinski definition) is 2. The van der Waals surface area contributed by atoms with Crippen LogP contribution in [0.15, 0.2) is 66.7 Å². The van der Waals surface area contributed by atoms with Gasteiger partial charge in [0.1, 0.15) is 12.1 Å². The number of rotatable bonds is 4. The van der Waals surface area contributed by atoms with Crippen molar-refractivity contribution in [2.75, 3.05) is 6.54 Å². The number of carbonyl (C=O) groups is 3. The Bertz CT molecular complexity index is 1220. The molecule has 2 unspecified atom stereocenters. The van der Waals surface area contributed by atoms with E-state index in [2.05, 4.69) is 16.7 Å². The molecule has 3 aromatic rings. The number of urea groups is 1. The second kappa shape index (κ2) is 7.23. The lowest BCUT2D eigenvalue weighted by molar-refractivity contribution is -0.135. The summed E-state index contributed by atoms with van der Waals surface area (Å²) < 4.78 is 0. The third-order valence-electron chi connectivity index (χ3n) is 6.37. The van der Waals surface area contributed by atoms with Crippen molar-refractivity contribution in [1.29, 1.82) is 0 Å². The van der Waals surface area contributed by atoms with Crippen molar-refractivity contribution in [3.05, 3.63) is 83.4 Å². The van der Waals surface area contributed by atoms with Crippen LogP contribution in [0.4, 0.5) is 4.79 Å². The Morgan fingerprint density at radius 1 is 1.06 bits per heavy atom. The smallest absolute Gasteiger partial charge is 0.325 e. The summed E-state index contributed by atoms with van der Waals surface area (Å²) in [4.78, 5) is 39.5. The Kier molecular flexibility index (Phi) is 4.50. The number of amides is 4. The molecule has 2 atom stereocenters. The van der Waals surface area contributed by atoms with Gasteiger partial charge in [-0.15, -0.1) is 0 Å². The normalized spacial score (nSPS) is 22.5. The fraction of sp³-hybridized carbons (Fsp3) is 0.240. The summed E-state index contributed by atoms with van der Waals surface area (Å²) in [6, 6.07) is 20.9. The number of carbonyl (C=O) groups excluding carboxylic acids is 3. The minimum Gasteiger partial charge on any atom is -0.348 e. The highest BCUT2D eigenvalue weighted by Crippen LogP contribution is 2.32. The predicted octanol–water partition coefficient (Wildman–Crippen LogP) is 3.41. The molecule has 156 valence electrons. The summed E-state index contributed by atoms with van der Waals surface area (Å²) in [7, 11) is 0. The van der Waals surface area contributed by atoms with E-state index in [0.717, 1.165) is 34.1 Å². The maximum atomic E-state index is 13.2. The molecule has 31 heavy (non-hydrogen) atoms. The highest BCUT2D eigenvalue weighted by molar-refractivity contribution is 6.09. The molecule has 1 fully saturated rings. The van der Waals surface area contributed by atoms with E-state index in [1.165, 1.54) is 5.56 Å². The van der Waals surface area contributed by atoms with Crippen molar-refractivity contribution in [3.63, 3.8) is 0 Å². The van der Waals surface area contributed by atoms with Gasteiger partial charge in [-0.05, 0) is 53.3 Å². The third kappa shape index (κ3) is 3.24. The van der Waals surface area contributed by atoms with Gasteiger partial charge < -0.3 is 10.6 Å². The molecule has 0 bridgehead atoms. The Balaban J connectivity index is 1.33. The zero-order valence-electron chi connectivity index (χ0n) is 17.2. The van der Waals surface area contributed by atoms with Crippen LogP contribution in [-0.4, -0.2) is 29.3 Å². The summed E-state index contributed by atoms with van der Waals surface area (Å²) in [5, 5.41) is 7.81. The summed E-state index contributed by atoms with van der Waals surface area (Å²) in [5.41, 5.74) is 1.82. The first kappa shape index (κ1) is 19.3. The maximum absolute atomic E-state index is 13.2. The van der Waals surface area contributed by atoms with E-state index >= 15 is 0 Å². The molecule has 4 amide bonds. The minimum atomic E-state index is -1.21. The first-order valence-electron chi connectivity index (χ1n) is 10.5. The van der Waals surface area contributed by atoms with Gasteiger partial charge in [-0.3, -0.25) is 14.5 Å².